The van der Waals surface area contributed by atoms with Gasteiger partial charge in [0.2, 0.25) is 5.91 Å². The molecule has 2 rings (SSSR count). The van der Waals surface area contributed by atoms with Crippen molar-refractivity contribution in [3.63, 3.8) is 0 Å². The molecular weight excluding hydrogens is 236 g/mol. The Kier molecular flexibility index (Phi) is 4.88. The van der Waals surface area contributed by atoms with Crippen LogP contribution in [0, 0.1) is 17.3 Å². The van der Waals surface area contributed by atoms with Crippen molar-refractivity contribution in [3.8, 4) is 0 Å². The normalized spacial score (nSPS) is 36.3. The van der Waals surface area contributed by atoms with Gasteiger partial charge in [0.05, 0.1) is 5.41 Å². The second-order valence-electron chi connectivity index (χ2n) is 6.81. The SMILES string of the molecule is CCCC1(C(=O)N2CCC(C)C(C)C2)CCCNC1. The van der Waals surface area contributed by atoms with Crippen LogP contribution in [0.4, 0.5) is 0 Å². The topological polar surface area (TPSA) is 32.3 Å². The quantitative estimate of drug-likeness (QED) is 0.852. The maximum Gasteiger partial charge on any atom is 0.230 e. The van der Waals surface area contributed by atoms with E-state index in [1.807, 2.05) is 0 Å². The van der Waals surface area contributed by atoms with Crippen LogP contribution in [-0.4, -0.2) is 37.0 Å². The molecule has 0 bridgehead atoms. The number of carbonyl (C=O) groups is 1. The van der Waals surface area contributed by atoms with Gasteiger partial charge < -0.3 is 10.2 Å². The third kappa shape index (κ3) is 3.13. The predicted octanol–water partition coefficient (Wildman–Crippen LogP) is 2.66. The lowest BCUT2D eigenvalue weighted by atomic mass is 9.75. The molecular formula is C16H30N2O. The third-order valence-corrected chi connectivity index (χ3v) is 5.28. The number of likely N-dealkylation sites (tertiary alicyclic amines) is 1. The van der Waals surface area contributed by atoms with Gasteiger partial charge in [0, 0.05) is 19.6 Å². The first-order valence-electron chi connectivity index (χ1n) is 8.09. The van der Waals surface area contributed by atoms with Crippen molar-refractivity contribution in [2.75, 3.05) is 26.2 Å². The molecule has 1 amide bonds. The molecule has 0 spiro atoms. The molecule has 2 saturated heterocycles. The molecule has 0 aromatic carbocycles. The monoisotopic (exact) mass is 266 g/mol. The number of hydrogen-bond acceptors (Lipinski definition) is 2. The first kappa shape index (κ1) is 14.8. The lowest BCUT2D eigenvalue weighted by Gasteiger charge is -2.43. The maximum absolute atomic E-state index is 13.0. The van der Waals surface area contributed by atoms with Crippen molar-refractivity contribution in [1.82, 2.24) is 10.2 Å². The largest absolute Gasteiger partial charge is 0.342 e. The van der Waals surface area contributed by atoms with E-state index in [4.69, 9.17) is 0 Å². The summed E-state index contributed by atoms with van der Waals surface area (Å²) in [5.74, 6) is 1.84. The van der Waals surface area contributed by atoms with Crippen molar-refractivity contribution in [3.05, 3.63) is 0 Å². The van der Waals surface area contributed by atoms with Crippen LogP contribution in [0.3, 0.4) is 0 Å². The highest BCUT2D eigenvalue weighted by atomic mass is 16.2. The molecule has 2 aliphatic rings. The summed E-state index contributed by atoms with van der Waals surface area (Å²) in [5.41, 5.74) is -0.104. The number of hydrogen-bond donors (Lipinski definition) is 1. The van der Waals surface area contributed by atoms with Crippen LogP contribution in [0.1, 0.15) is 52.9 Å². The molecule has 2 aliphatic heterocycles. The average molecular weight is 266 g/mol. The first-order chi connectivity index (χ1) is 9.09. The highest BCUT2D eigenvalue weighted by Gasteiger charge is 2.42. The predicted molar refractivity (Wildman–Crippen MR) is 79.0 cm³/mol. The van der Waals surface area contributed by atoms with Gasteiger partial charge in [0.25, 0.3) is 0 Å². The van der Waals surface area contributed by atoms with Crippen LogP contribution >= 0.6 is 0 Å². The third-order valence-electron chi connectivity index (χ3n) is 5.28. The van der Waals surface area contributed by atoms with E-state index < -0.39 is 0 Å². The van der Waals surface area contributed by atoms with Crippen molar-refractivity contribution in [2.45, 2.75) is 52.9 Å². The summed E-state index contributed by atoms with van der Waals surface area (Å²) in [4.78, 5) is 15.2. The molecule has 2 fully saturated rings. The smallest absolute Gasteiger partial charge is 0.230 e. The van der Waals surface area contributed by atoms with Crippen LogP contribution in [0.25, 0.3) is 0 Å². The van der Waals surface area contributed by atoms with Gasteiger partial charge >= 0.3 is 0 Å². The fourth-order valence-electron chi connectivity index (χ4n) is 3.73. The van der Waals surface area contributed by atoms with Crippen molar-refractivity contribution in [2.24, 2.45) is 17.3 Å². The Hall–Kier alpha value is -0.570. The Balaban J connectivity index is 2.06. The Morgan fingerprint density at radius 1 is 1.37 bits per heavy atom. The Bertz CT molecular complexity index is 304. The minimum absolute atomic E-state index is 0.104. The van der Waals surface area contributed by atoms with Gasteiger partial charge in [-0.2, -0.15) is 0 Å². The standard InChI is InChI=1S/C16H30N2O/c1-4-7-16(8-5-9-17-12-16)15(19)18-10-6-13(2)14(3)11-18/h13-14,17H,4-12H2,1-3H3. The van der Waals surface area contributed by atoms with E-state index in [-0.39, 0.29) is 5.41 Å². The summed E-state index contributed by atoms with van der Waals surface area (Å²) >= 11 is 0. The van der Waals surface area contributed by atoms with Gasteiger partial charge in [-0.15, -0.1) is 0 Å². The Morgan fingerprint density at radius 2 is 2.16 bits per heavy atom. The van der Waals surface area contributed by atoms with Crippen molar-refractivity contribution < 1.29 is 4.79 Å². The van der Waals surface area contributed by atoms with Crippen LogP contribution in [0.2, 0.25) is 0 Å². The van der Waals surface area contributed by atoms with Gasteiger partial charge in [0.15, 0.2) is 0 Å². The van der Waals surface area contributed by atoms with E-state index >= 15 is 0 Å². The molecule has 3 nitrogen and oxygen atoms in total. The summed E-state index contributed by atoms with van der Waals surface area (Å²) in [7, 11) is 0. The molecule has 0 aromatic rings. The number of piperidine rings is 2. The lowest BCUT2D eigenvalue weighted by molar-refractivity contribution is -0.146. The summed E-state index contributed by atoms with van der Waals surface area (Å²) in [6.07, 6.45) is 5.54. The molecule has 1 N–H and O–H groups in total. The summed E-state index contributed by atoms with van der Waals surface area (Å²) in [6.45, 7) is 10.7. The van der Waals surface area contributed by atoms with E-state index in [1.165, 1.54) is 6.42 Å². The minimum atomic E-state index is -0.104. The first-order valence-corrected chi connectivity index (χ1v) is 8.09. The average Bonchev–Trinajstić information content (AvgIpc) is 2.42. The van der Waals surface area contributed by atoms with Crippen LogP contribution < -0.4 is 5.32 Å². The van der Waals surface area contributed by atoms with E-state index in [1.54, 1.807) is 0 Å². The maximum atomic E-state index is 13.0. The van der Waals surface area contributed by atoms with Gasteiger partial charge in [-0.05, 0) is 44.1 Å². The van der Waals surface area contributed by atoms with Crippen molar-refractivity contribution in [1.29, 1.82) is 0 Å². The van der Waals surface area contributed by atoms with E-state index in [9.17, 15) is 4.79 Å². The summed E-state index contributed by atoms with van der Waals surface area (Å²) < 4.78 is 0. The lowest BCUT2D eigenvalue weighted by Crippen LogP contribution is -2.54. The number of nitrogens with zero attached hydrogens (tertiary/aromatic N) is 1. The van der Waals surface area contributed by atoms with Gasteiger partial charge in [-0.25, -0.2) is 0 Å². The fraction of sp³-hybridized carbons (Fsp3) is 0.938. The van der Waals surface area contributed by atoms with Gasteiger partial charge in [0.1, 0.15) is 0 Å². The highest BCUT2D eigenvalue weighted by molar-refractivity contribution is 5.83. The molecule has 3 atom stereocenters. The van der Waals surface area contributed by atoms with E-state index in [2.05, 4.69) is 31.0 Å². The zero-order valence-electron chi connectivity index (χ0n) is 12.9. The van der Waals surface area contributed by atoms with Crippen LogP contribution in [0.15, 0.2) is 0 Å². The number of rotatable bonds is 3. The summed E-state index contributed by atoms with van der Waals surface area (Å²) in [6, 6.07) is 0. The molecule has 19 heavy (non-hydrogen) atoms. The Morgan fingerprint density at radius 3 is 2.74 bits per heavy atom. The summed E-state index contributed by atoms with van der Waals surface area (Å²) in [5, 5.41) is 3.45. The zero-order chi connectivity index (χ0) is 13.9. The number of carbonyl (C=O) groups excluding carboxylic acids is 1. The highest BCUT2D eigenvalue weighted by Crippen LogP contribution is 2.35. The molecule has 0 aromatic heterocycles. The van der Waals surface area contributed by atoms with Crippen molar-refractivity contribution >= 4 is 5.91 Å². The minimum Gasteiger partial charge on any atom is -0.342 e. The second kappa shape index (κ2) is 6.25. The molecule has 2 heterocycles. The van der Waals surface area contributed by atoms with Crippen LogP contribution in [-0.2, 0) is 4.79 Å². The van der Waals surface area contributed by atoms with Gasteiger partial charge in [-0.3, -0.25) is 4.79 Å². The number of nitrogens with one attached hydrogen (secondary N) is 1. The molecule has 0 saturated carbocycles. The molecule has 110 valence electrons. The van der Waals surface area contributed by atoms with Gasteiger partial charge in [-0.1, -0.05) is 27.2 Å². The second-order valence-corrected chi connectivity index (χ2v) is 6.81. The zero-order valence-corrected chi connectivity index (χ0v) is 12.9. The number of amides is 1. The molecule has 3 unspecified atom stereocenters. The molecule has 0 radical (unpaired) electrons. The Labute approximate surface area is 118 Å². The van der Waals surface area contributed by atoms with Crippen LogP contribution in [0.5, 0.6) is 0 Å². The fourth-order valence-corrected chi connectivity index (χ4v) is 3.73. The van der Waals surface area contributed by atoms with E-state index in [0.717, 1.165) is 57.8 Å². The molecule has 0 aliphatic carbocycles. The van der Waals surface area contributed by atoms with E-state index in [0.29, 0.717) is 11.8 Å². The molecule has 3 heteroatoms.